The fraction of sp³-hybridized carbons (Fsp3) is 0.308. The highest BCUT2D eigenvalue weighted by molar-refractivity contribution is 6.29. The standard InChI is InChI=1S/C13H15ClN4O2/c1-13(20,10-6-17-18(2)7-10)8-16-12(19)9-3-4-15-11(14)5-9/h3-7,20H,8H2,1-2H3,(H,16,19). The summed E-state index contributed by atoms with van der Waals surface area (Å²) >= 11 is 5.73. The van der Waals surface area contributed by atoms with Gasteiger partial charge in [-0.1, -0.05) is 11.6 Å². The van der Waals surface area contributed by atoms with Crippen LogP contribution in [0.15, 0.2) is 30.7 Å². The topological polar surface area (TPSA) is 80.0 Å². The molecular weight excluding hydrogens is 280 g/mol. The predicted octanol–water partition coefficient (Wildman–Crippen LogP) is 1.11. The molecule has 20 heavy (non-hydrogen) atoms. The first-order chi connectivity index (χ1) is 9.38. The van der Waals surface area contributed by atoms with Crippen LogP contribution in [0.2, 0.25) is 5.15 Å². The molecule has 0 saturated carbocycles. The Bertz CT molecular complexity index is 624. The first-order valence-corrected chi connectivity index (χ1v) is 6.37. The number of carbonyl (C=O) groups is 1. The lowest BCUT2D eigenvalue weighted by Crippen LogP contribution is -2.38. The van der Waals surface area contributed by atoms with E-state index in [4.69, 9.17) is 11.6 Å². The van der Waals surface area contributed by atoms with Gasteiger partial charge in [-0.2, -0.15) is 5.10 Å². The van der Waals surface area contributed by atoms with E-state index in [2.05, 4.69) is 15.4 Å². The predicted molar refractivity (Wildman–Crippen MR) is 74.4 cm³/mol. The summed E-state index contributed by atoms with van der Waals surface area (Å²) in [5.74, 6) is -0.321. The number of carbonyl (C=O) groups excluding carboxylic acids is 1. The van der Waals surface area contributed by atoms with Crippen molar-refractivity contribution >= 4 is 17.5 Å². The number of aromatic nitrogens is 3. The van der Waals surface area contributed by atoms with Crippen LogP contribution in [0.5, 0.6) is 0 Å². The highest BCUT2D eigenvalue weighted by atomic mass is 35.5. The van der Waals surface area contributed by atoms with E-state index in [9.17, 15) is 9.90 Å². The molecule has 106 valence electrons. The second kappa shape index (κ2) is 5.60. The van der Waals surface area contributed by atoms with E-state index < -0.39 is 5.60 Å². The van der Waals surface area contributed by atoms with Crippen LogP contribution in [-0.4, -0.2) is 32.3 Å². The minimum atomic E-state index is -1.19. The van der Waals surface area contributed by atoms with Gasteiger partial charge >= 0.3 is 0 Å². The van der Waals surface area contributed by atoms with Gasteiger partial charge in [0.05, 0.1) is 12.7 Å². The minimum absolute atomic E-state index is 0.0669. The van der Waals surface area contributed by atoms with Gasteiger partial charge in [0.1, 0.15) is 10.8 Å². The summed E-state index contributed by atoms with van der Waals surface area (Å²) in [4.78, 5) is 15.8. The monoisotopic (exact) mass is 294 g/mol. The van der Waals surface area contributed by atoms with Crippen molar-refractivity contribution in [1.82, 2.24) is 20.1 Å². The zero-order chi connectivity index (χ0) is 14.8. The van der Waals surface area contributed by atoms with E-state index in [0.29, 0.717) is 11.1 Å². The Labute approximate surface area is 121 Å². The first-order valence-electron chi connectivity index (χ1n) is 6.00. The van der Waals surface area contributed by atoms with Gasteiger partial charge in [-0.05, 0) is 19.1 Å². The Morgan fingerprint density at radius 1 is 1.60 bits per heavy atom. The maximum absolute atomic E-state index is 12.0. The van der Waals surface area contributed by atoms with Gasteiger partial charge in [0.25, 0.3) is 5.91 Å². The van der Waals surface area contributed by atoms with Crippen LogP contribution in [0.4, 0.5) is 0 Å². The summed E-state index contributed by atoms with van der Waals surface area (Å²) in [5, 5.41) is 17.2. The Hall–Kier alpha value is -1.92. The summed E-state index contributed by atoms with van der Waals surface area (Å²) in [5.41, 5.74) is -0.166. The zero-order valence-corrected chi connectivity index (χ0v) is 11.9. The maximum atomic E-state index is 12.0. The average molecular weight is 295 g/mol. The van der Waals surface area contributed by atoms with Crippen LogP contribution >= 0.6 is 11.6 Å². The molecule has 2 aromatic rings. The normalized spacial score (nSPS) is 13.8. The number of halogens is 1. The molecule has 0 aliphatic rings. The van der Waals surface area contributed by atoms with E-state index >= 15 is 0 Å². The Morgan fingerprint density at radius 3 is 2.95 bits per heavy atom. The van der Waals surface area contributed by atoms with Crippen LogP contribution in [0.1, 0.15) is 22.8 Å². The van der Waals surface area contributed by atoms with Crippen molar-refractivity contribution in [2.75, 3.05) is 6.54 Å². The third-order valence-electron chi connectivity index (χ3n) is 2.91. The molecule has 1 amide bonds. The zero-order valence-electron chi connectivity index (χ0n) is 11.2. The lowest BCUT2D eigenvalue weighted by atomic mass is 9.99. The molecular formula is C13H15ClN4O2. The van der Waals surface area contributed by atoms with Gasteiger partial charge in [-0.3, -0.25) is 9.48 Å². The summed E-state index contributed by atoms with van der Waals surface area (Å²) in [6, 6.07) is 3.02. The van der Waals surface area contributed by atoms with Gasteiger partial charge in [-0.15, -0.1) is 0 Å². The maximum Gasteiger partial charge on any atom is 0.251 e. The fourth-order valence-corrected chi connectivity index (χ4v) is 1.87. The van der Waals surface area contributed by atoms with Gasteiger partial charge in [0, 0.05) is 30.6 Å². The van der Waals surface area contributed by atoms with E-state index in [1.165, 1.54) is 12.3 Å². The van der Waals surface area contributed by atoms with Gasteiger partial charge in [0.2, 0.25) is 0 Å². The van der Waals surface area contributed by atoms with Crippen LogP contribution < -0.4 is 5.32 Å². The number of hydrogen-bond donors (Lipinski definition) is 2. The number of amides is 1. The van der Waals surface area contributed by atoms with E-state index in [1.54, 1.807) is 37.1 Å². The number of hydrogen-bond acceptors (Lipinski definition) is 4. The number of pyridine rings is 1. The molecule has 2 N–H and O–H groups in total. The molecule has 1 unspecified atom stereocenters. The quantitative estimate of drug-likeness (QED) is 0.828. The summed E-state index contributed by atoms with van der Waals surface area (Å²) in [7, 11) is 1.76. The molecule has 0 bridgehead atoms. The largest absolute Gasteiger partial charge is 0.383 e. The van der Waals surface area contributed by atoms with Gasteiger partial charge < -0.3 is 10.4 Å². The molecule has 0 aliphatic heterocycles. The van der Waals surface area contributed by atoms with Crippen molar-refractivity contribution in [3.63, 3.8) is 0 Å². The second-order valence-electron chi connectivity index (χ2n) is 4.73. The Morgan fingerprint density at radius 2 is 2.35 bits per heavy atom. The summed E-state index contributed by atoms with van der Waals surface area (Å²) < 4.78 is 1.59. The SMILES string of the molecule is Cn1cc(C(C)(O)CNC(=O)c2ccnc(Cl)c2)cn1. The lowest BCUT2D eigenvalue weighted by Gasteiger charge is -2.22. The molecule has 0 fully saturated rings. The molecule has 2 aromatic heterocycles. The molecule has 0 aromatic carbocycles. The number of rotatable bonds is 4. The minimum Gasteiger partial charge on any atom is -0.383 e. The number of nitrogens with zero attached hydrogens (tertiary/aromatic N) is 3. The van der Waals surface area contributed by atoms with E-state index in [-0.39, 0.29) is 17.6 Å². The molecule has 7 heteroatoms. The molecule has 2 rings (SSSR count). The molecule has 0 aliphatic carbocycles. The van der Waals surface area contributed by atoms with Crippen LogP contribution in [0.3, 0.4) is 0 Å². The third kappa shape index (κ3) is 3.34. The van der Waals surface area contributed by atoms with Crippen molar-refractivity contribution < 1.29 is 9.90 Å². The highest BCUT2D eigenvalue weighted by Crippen LogP contribution is 2.18. The number of nitrogens with one attached hydrogen (secondary N) is 1. The van der Waals surface area contributed by atoms with Crippen molar-refractivity contribution in [3.8, 4) is 0 Å². The second-order valence-corrected chi connectivity index (χ2v) is 5.11. The summed E-state index contributed by atoms with van der Waals surface area (Å²) in [6.45, 7) is 1.68. The van der Waals surface area contributed by atoms with Crippen LogP contribution in [0.25, 0.3) is 0 Å². The highest BCUT2D eigenvalue weighted by Gasteiger charge is 2.25. The number of aryl methyl sites for hydroxylation is 1. The third-order valence-corrected chi connectivity index (χ3v) is 3.12. The molecule has 0 spiro atoms. The van der Waals surface area contributed by atoms with Crippen molar-refractivity contribution in [2.45, 2.75) is 12.5 Å². The van der Waals surface area contributed by atoms with E-state index in [1.807, 2.05) is 0 Å². The van der Waals surface area contributed by atoms with Crippen LogP contribution in [-0.2, 0) is 12.6 Å². The van der Waals surface area contributed by atoms with Crippen LogP contribution in [0, 0.1) is 0 Å². The first kappa shape index (κ1) is 14.5. The molecule has 0 saturated heterocycles. The average Bonchev–Trinajstić information content (AvgIpc) is 2.83. The van der Waals surface area contributed by atoms with Gasteiger partial charge in [0.15, 0.2) is 0 Å². The lowest BCUT2D eigenvalue weighted by molar-refractivity contribution is 0.0526. The van der Waals surface area contributed by atoms with Crippen molar-refractivity contribution in [3.05, 3.63) is 47.0 Å². The smallest absolute Gasteiger partial charge is 0.251 e. The van der Waals surface area contributed by atoms with Crippen molar-refractivity contribution in [1.29, 1.82) is 0 Å². The molecule has 1 atom stereocenters. The van der Waals surface area contributed by atoms with Gasteiger partial charge in [-0.25, -0.2) is 4.98 Å². The Kier molecular flexibility index (Phi) is 4.06. The summed E-state index contributed by atoms with van der Waals surface area (Å²) in [6.07, 6.45) is 4.72. The molecule has 0 radical (unpaired) electrons. The van der Waals surface area contributed by atoms with Crippen molar-refractivity contribution in [2.24, 2.45) is 7.05 Å². The van der Waals surface area contributed by atoms with E-state index in [0.717, 1.165) is 0 Å². The Balaban J connectivity index is 2.03. The number of aliphatic hydroxyl groups is 1. The molecule has 2 heterocycles. The molecule has 6 nitrogen and oxygen atoms in total. The fourth-order valence-electron chi connectivity index (χ4n) is 1.70.